The molecule has 0 aliphatic carbocycles. The molecule has 1 saturated heterocycles. The predicted molar refractivity (Wildman–Crippen MR) is 72.4 cm³/mol. The van der Waals surface area contributed by atoms with Crippen molar-refractivity contribution in [3.8, 4) is 6.07 Å². The van der Waals surface area contributed by atoms with Crippen LogP contribution in [0.2, 0.25) is 0 Å². The first-order valence-corrected chi connectivity index (χ1v) is 6.17. The molecule has 1 aliphatic rings. The minimum absolute atomic E-state index is 0.289. The molecule has 1 unspecified atom stereocenters. The van der Waals surface area contributed by atoms with Crippen LogP contribution in [0.25, 0.3) is 0 Å². The van der Waals surface area contributed by atoms with Crippen molar-refractivity contribution in [1.82, 2.24) is 9.80 Å². The fourth-order valence-electron chi connectivity index (χ4n) is 2.36. The van der Waals surface area contributed by atoms with Crippen LogP contribution in [-0.2, 0) is 0 Å². The van der Waals surface area contributed by atoms with Gasteiger partial charge in [0.15, 0.2) is 0 Å². The van der Waals surface area contributed by atoms with Crippen LogP contribution in [0.15, 0.2) is 35.3 Å². The van der Waals surface area contributed by atoms with E-state index in [0.717, 1.165) is 19.6 Å². The topological polar surface area (TPSA) is 42.6 Å². The van der Waals surface area contributed by atoms with Crippen molar-refractivity contribution in [3.63, 3.8) is 0 Å². The van der Waals surface area contributed by atoms with Gasteiger partial charge in [-0.1, -0.05) is 30.3 Å². The van der Waals surface area contributed by atoms with Crippen LogP contribution < -0.4 is 0 Å². The average molecular weight is 242 g/mol. The molecule has 1 fully saturated rings. The van der Waals surface area contributed by atoms with Gasteiger partial charge in [0.05, 0.1) is 25.0 Å². The molecular formula is C14H18N4. The zero-order valence-electron chi connectivity index (χ0n) is 10.7. The second-order valence-corrected chi connectivity index (χ2v) is 4.43. The Balaban J connectivity index is 2.18. The molecule has 18 heavy (non-hydrogen) atoms. The summed E-state index contributed by atoms with van der Waals surface area (Å²) in [6.07, 6.45) is 1.90. The third kappa shape index (κ3) is 2.88. The molecule has 1 heterocycles. The molecule has 4 heteroatoms. The second kappa shape index (κ2) is 6.18. The molecule has 0 N–H and O–H groups in total. The molecule has 1 atom stereocenters. The Hall–Kier alpha value is -1.86. The molecule has 1 aromatic rings. The van der Waals surface area contributed by atoms with Crippen LogP contribution in [-0.4, -0.2) is 49.4 Å². The fraction of sp³-hybridized carbons (Fsp3) is 0.429. The first-order chi connectivity index (χ1) is 8.85. The summed E-state index contributed by atoms with van der Waals surface area (Å²) in [5.74, 6) is 0. The Bertz CT molecular complexity index is 435. The molecule has 0 aromatic heterocycles. The maximum Gasteiger partial charge on any atom is 0.0867 e. The van der Waals surface area contributed by atoms with Gasteiger partial charge in [-0.15, -0.1) is 0 Å². The van der Waals surface area contributed by atoms with E-state index in [4.69, 9.17) is 5.26 Å². The lowest BCUT2D eigenvalue weighted by atomic mass is 10.0. The normalized spacial score (nSPS) is 21.1. The maximum atomic E-state index is 8.81. The Morgan fingerprint density at radius 2 is 2.17 bits per heavy atom. The van der Waals surface area contributed by atoms with Crippen LogP contribution in [0.3, 0.4) is 0 Å². The Labute approximate surface area is 108 Å². The van der Waals surface area contributed by atoms with Crippen LogP contribution >= 0.6 is 0 Å². The molecule has 0 bridgehead atoms. The van der Waals surface area contributed by atoms with Crippen molar-refractivity contribution >= 4 is 6.34 Å². The predicted octanol–water partition coefficient (Wildman–Crippen LogP) is 1.53. The van der Waals surface area contributed by atoms with E-state index in [1.165, 1.54) is 5.56 Å². The Kier molecular flexibility index (Phi) is 4.32. The van der Waals surface area contributed by atoms with Gasteiger partial charge in [-0.05, 0) is 5.56 Å². The van der Waals surface area contributed by atoms with E-state index in [1.54, 1.807) is 7.05 Å². The van der Waals surface area contributed by atoms with Crippen LogP contribution in [0.4, 0.5) is 0 Å². The van der Waals surface area contributed by atoms with Crippen molar-refractivity contribution in [2.45, 2.75) is 6.04 Å². The van der Waals surface area contributed by atoms with E-state index in [9.17, 15) is 0 Å². The first kappa shape index (κ1) is 12.6. The van der Waals surface area contributed by atoms with Crippen molar-refractivity contribution < 1.29 is 0 Å². The summed E-state index contributed by atoms with van der Waals surface area (Å²) in [5, 5.41) is 8.81. The number of piperazine rings is 1. The number of hydrogen-bond acceptors (Lipinski definition) is 3. The van der Waals surface area contributed by atoms with E-state index in [-0.39, 0.29) is 6.04 Å². The van der Waals surface area contributed by atoms with E-state index < -0.39 is 0 Å². The second-order valence-electron chi connectivity index (χ2n) is 4.43. The zero-order chi connectivity index (χ0) is 12.8. The monoisotopic (exact) mass is 242 g/mol. The summed E-state index contributed by atoms with van der Waals surface area (Å²) in [4.78, 5) is 8.57. The molecule has 1 aromatic carbocycles. The number of aliphatic imine (C=N–C) groups is 1. The smallest absolute Gasteiger partial charge is 0.0867 e. The van der Waals surface area contributed by atoms with Crippen molar-refractivity contribution in [3.05, 3.63) is 35.9 Å². The lowest BCUT2D eigenvalue weighted by molar-refractivity contribution is 0.143. The minimum Gasteiger partial charge on any atom is -0.353 e. The number of nitriles is 1. The highest BCUT2D eigenvalue weighted by Gasteiger charge is 2.26. The number of hydrogen-bond donors (Lipinski definition) is 0. The molecule has 4 nitrogen and oxygen atoms in total. The minimum atomic E-state index is 0.289. The third-order valence-corrected chi connectivity index (χ3v) is 3.25. The maximum absolute atomic E-state index is 8.81. The lowest BCUT2D eigenvalue weighted by Crippen LogP contribution is -2.47. The Morgan fingerprint density at radius 1 is 1.39 bits per heavy atom. The first-order valence-electron chi connectivity index (χ1n) is 6.17. The lowest BCUT2D eigenvalue weighted by Gasteiger charge is -2.39. The molecule has 0 spiro atoms. The van der Waals surface area contributed by atoms with E-state index in [2.05, 4.69) is 45.1 Å². The van der Waals surface area contributed by atoms with E-state index >= 15 is 0 Å². The van der Waals surface area contributed by atoms with Gasteiger partial charge in [0.2, 0.25) is 0 Å². The highest BCUT2D eigenvalue weighted by atomic mass is 15.3. The highest BCUT2D eigenvalue weighted by Crippen LogP contribution is 2.23. The van der Waals surface area contributed by atoms with E-state index in [1.807, 2.05) is 12.4 Å². The van der Waals surface area contributed by atoms with Gasteiger partial charge in [-0.3, -0.25) is 9.89 Å². The average Bonchev–Trinajstić information content (AvgIpc) is 2.42. The molecular weight excluding hydrogens is 224 g/mol. The summed E-state index contributed by atoms with van der Waals surface area (Å²) < 4.78 is 0. The molecule has 0 radical (unpaired) electrons. The van der Waals surface area contributed by atoms with E-state index in [0.29, 0.717) is 6.54 Å². The quantitative estimate of drug-likeness (QED) is 0.458. The molecule has 94 valence electrons. The molecule has 0 saturated carbocycles. The third-order valence-electron chi connectivity index (χ3n) is 3.25. The summed E-state index contributed by atoms with van der Waals surface area (Å²) in [5.41, 5.74) is 1.28. The number of nitrogens with zero attached hydrogens (tertiary/aromatic N) is 4. The molecule has 1 aliphatic heterocycles. The fourth-order valence-corrected chi connectivity index (χ4v) is 2.36. The number of benzene rings is 1. The van der Waals surface area contributed by atoms with Crippen LogP contribution in [0.1, 0.15) is 11.6 Å². The van der Waals surface area contributed by atoms with Gasteiger partial charge in [0.25, 0.3) is 0 Å². The van der Waals surface area contributed by atoms with Crippen molar-refractivity contribution in [1.29, 1.82) is 5.26 Å². The van der Waals surface area contributed by atoms with Gasteiger partial charge >= 0.3 is 0 Å². The van der Waals surface area contributed by atoms with Crippen LogP contribution in [0.5, 0.6) is 0 Å². The van der Waals surface area contributed by atoms with Gasteiger partial charge in [0, 0.05) is 26.7 Å². The largest absolute Gasteiger partial charge is 0.353 e. The van der Waals surface area contributed by atoms with Crippen molar-refractivity contribution in [2.75, 3.05) is 33.2 Å². The number of rotatable bonds is 3. The van der Waals surface area contributed by atoms with Gasteiger partial charge in [-0.25, -0.2) is 0 Å². The van der Waals surface area contributed by atoms with Crippen molar-refractivity contribution in [2.24, 2.45) is 4.99 Å². The van der Waals surface area contributed by atoms with Crippen LogP contribution in [0, 0.1) is 11.3 Å². The summed E-state index contributed by atoms with van der Waals surface area (Å²) in [6, 6.07) is 12.9. The van der Waals surface area contributed by atoms with Gasteiger partial charge < -0.3 is 4.90 Å². The van der Waals surface area contributed by atoms with Gasteiger partial charge in [-0.2, -0.15) is 5.26 Å². The summed E-state index contributed by atoms with van der Waals surface area (Å²) >= 11 is 0. The standard InChI is InChI=1S/C14H18N4/c1-16-12-18-10-9-17(8-7-15)11-14(18)13-5-3-2-4-6-13/h2-6,12,14H,8-11H2,1H3/b16-12-. The zero-order valence-corrected chi connectivity index (χ0v) is 10.7. The molecule has 2 rings (SSSR count). The summed E-state index contributed by atoms with van der Waals surface area (Å²) in [7, 11) is 1.80. The summed E-state index contributed by atoms with van der Waals surface area (Å²) in [6.45, 7) is 3.21. The Morgan fingerprint density at radius 3 is 2.83 bits per heavy atom. The SMILES string of the molecule is C/N=C\N1CCN(CC#N)CC1c1ccccc1. The van der Waals surface area contributed by atoms with Gasteiger partial charge in [0.1, 0.15) is 0 Å². The highest BCUT2D eigenvalue weighted by molar-refractivity contribution is 5.56. The molecule has 0 amide bonds.